The molecule has 4 heteroatoms. The van der Waals surface area contributed by atoms with Crippen molar-refractivity contribution >= 4 is 11.6 Å². The number of methoxy groups -OCH3 is 1. The molecular formula is C14H20N2O2. The van der Waals surface area contributed by atoms with Crippen LogP contribution < -0.4 is 9.64 Å². The number of amides is 1. The molecule has 0 radical (unpaired) electrons. The van der Waals surface area contributed by atoms with E-state index in [0.717, 1.165) is 23.4 Å². The van der Waals surface area contributed by atoms with Crippen LogP contribution in [0.25, 0.3) is 0 Å². The number of fused-ring (bicyclic) bond motifs is 1. The van der Waals surface area contributed by atoms with E-state index in [4.69, 9.17) is 7.48 Å². The van der Waals surface area contributed by atoms with Gasteiger partial charge in [-0.2, -0.15) is 0 Å². The zero-order valence-corrected chi connectivity index (χ0v) is 10.8. The largest absolute Gasteiger partial charge is 0.497 e. The summed E-state index contributed by atoms with van der Waals surface area (Å²) in [6.45, 7) is 2.41. The molecule has 98 valence electrons. The summed E-state index contributed by atoms with van der Waals surface area (Å²) in [5.41, 5.74) is 2.02. The average Bonchev–Trinajstić information content (AvgIpc) is 2.90. The summed E-state index contributed by atoms with van der Waals surface area (Å²) in [6.07, 6.45) is 0.812. The fourth-order valence-corrected chi connectivity index (χ4v) is 2.12. The Bertz CT molecular complexity index is 492. The highest BCUT2D eigenvalue weighted by molar-refractivity contribution is 5.98. The van der Waals surface area contributed by atoms with Crippen LogP contribution in [0.3, 0.4) is 0 Å². The molecule has 2 rings (SSSR count). The number of benzene rings is 1. The minimum atomic E-state index is -0.446. The van der Waals surface area contributed by atoms with Crippen LogP contribution in [-0.2, 0) is 11.2 Å². The van der Waals surface area contributed by atoms with Gasteiger partial charge in [0.2, 0.25) is 5.91 Å². The first-order valence-electron chi connectivity index (χ1n) is 7.34. The molecule has 0 fully saturated rings. The predicted molar refractivity (Wildman–Crippen MR) is 72.2 cm³/mol. The number of rotatable bonds is 3. The first kappa shape index (κ1) is 10.4. The van der Waals surface area contributed by atoms with Crippen molar-refractivity contribution in [2.24, 2.45) is 0 Å². The van der Waals surface area contributed by atoms with E-state index in [0.29, 0.717) is 6.54 Å². The molecule has 0 spiro atoms. The molecule has 1 aliphatic heterocycles. The molecule has 1 heterocycles. The zero-order chi connectivity index (χ0) is 14.7. The minimum Gasteiger partial charge on any atom is -0.497 e. The second-order valence-corrected chi connectivity index (χ2v) is 4.50. The van der Waals surface area contributed by atoms with Crippen molar-refractivity contribution in [1.82, 2.24) is 4.90 Å². The molecule has 0 saturated heterocycles. The van der Waals surface area contributed by atoms with Gasteiger partial charge in [-0.15, -0.1) is 0 Å². The summed E-state index contributed by atoms with van der Waals surface area (Å²) >= 11 is 0. The maximum atomic E-state index is 12.5. The van der Waals surface area contributed by atoms with E-state index >= 15 is 0 Å². The molecule has 18 heavy (non-hydrogen) atoms. The Balaban J connectivity index is 2.19. The van der Waals surface area contributed by atoms with E-state index in [-0.39, 0.29) is 20.0 Å². The van der Waals surface area contributed by atoms with Gasteiger partial charge in [-0.05, 0) is 51.2 Å². The Morgan fingerprint density at radius 2 is 2.33 bits per heavy atom. The highest BCUT2D eigenvalue weighted by atomic mass is 16.5. The molecule has 1 aromatic rings. The monoisotopic (exact) mass is 250 g/mol. The molecule has 1 atom stereocenters. The maximum Gasteiger partial charge on any atom is 0.244 e. The van der Waals surface area contributed by atoms with Crippen molar-refractivity contribution < 1.29 is 12.3 Å². The maximum absolute atomic E-state index is 12.5. The Hall–Kier alpha value is -1.55. The van der Waals surface area contributed by atoms with E-state index in [1.165, 1.54) is 4.90 Å². The molecule has 0 bridgehead atoms. The van der Waals surface area contributed by atoms with Gasteiger partial charge in [-0.1, -0.05) is 0 Å². The topological polar surface area (TPSA) is 32.8 Å². The van der Waals surface area contributed by atoms with Crippen LogP contribution in [0.15, 0.2) is 18.2 Å². The van der Waals surface area contributed by atoms with Crippen molar-refractivity contribution in [1.29, 1.82) is 0 Å². The standard InChI is InChI=1S/C14H20N2O2/c1-10(15(2)3)14(17)16-8-7-11-9-12(18-4)5-6-13(11)16/h5-6,9-10H,7-8H2,1-4H3/t10-/m0/s1/i2D,3D. The lowest BCUT2D eigenvalue weighted by molar-refractivity contribution is -0.122. The quantitative estimate of drug-likeness (QED) is 0.815. The fraction of sp³-hybridized carbons (Fsp3) is 0.500. The predicted octanol–water partition coefficient (Wildman–Crippen LogP) is 1.53. The highest BCUT2D eigenvalue weighted by Crippen LogP contribution is 2.31. The third kappa shape index (κ3) is 2.20. The van der Waals surface area contributed by atoms with Crippen LogP contribution in [0, 0.1) is 0 Å². The summed E-state index contributed by atoms with van der Waals surface area (Å²) < 4.78 is 19.9. The number of carbonyl (C=O) groups excluding carboxylic acids is 1. The molecule has 0 aliphatic carbocycles. The van der Waals surface area contributed by atoms with Crippen molar-refractivity contribution in [2.45, 2.75) is 19.4 Å². The van der Waals surface area contributed by atoms with Gasteiger partial charge in [-0.25, -0.2) is 0 Å². The first-order valence-corrected chi connectivity index (χ1v) is 5.93. The number of anilines is 1. The van der Waals surface area contributed by atoms with Crippen LogP contribution in [0.1, 0.15) is 15.2 Å². The molecule has 1 aliphatic rings. The van der Waals surface area contributed by atoms with Gasteiger partial charge < -0.3 is 9.64 Å². The molecule has 0 saturated carbocycles. The molecule has 1 aromatic carbocycles. The van der Waals surface area contributed by atoms with Crippen molar-refractivity contribution in [3.63, 3.8) is 0 Å². The number of carbonyl (C=O) groups is 1. The van der Waals surface area contributed by atoms with Gasteiger partial charge in [0.05, 0.1) is 13.2 Å². The Labute approximate surface area is 111 Å². The van der Waals surface area contributed by atoms with E-state index in [1.54, 1.807) is 18.9 Å². The highest BCUT2D eigenvalue weighted by Gasteiger charge is 2.28. The second-order valence-electron chi connectivity index (χ2n) is 4.50. The zero-order valence-electron chi connectivity index (χ0n) is 12.8. The van der Waals surface area contributed by atoms with Crippen LogP contribution >= 0.6 is 0 Å². The van der Waals surface area contributed by atoms with Crippen LogP contribution in [0.2, 0.25) is 0 Å². The van der Waals surface area contributed by atoms with Gasteiger partial charge in [0, 0.05) is 15.0 Å². The van der Waals surface area contributed by atoms with Gasteiger partial charge in [0.25, 0.3) is 0 Å². The number of ether oxygens (including phenoxy) is 1. The molecule has 0 aromatic heterocycles. The van der Waals surface area contributed by atoms with Crippen molar-refractivity contribution in [3.05, 3.63) is 23.8 Å². The smallest absolute Gasteiger partial charge is 0.244 e. The molecule has 0 N–H and O–H groups in total. The number of hydrogen-bond donors (Lipinski definition) is 0. The SMILES string of the molecule is [2H]CN(C[2H])[C@@H](C)C(=O)N1CCc2cc(OC)ccc21. The fourth-order valence-electron chi connectivity index (χ4n) is 2.12. The van der Waals surface area contributed by atoms with Gasteiger partial charge >= 0.3 is 0 Å². The Kier molecular flexibility index (Phi) is 2.87. The average molecular weight is 250 g/mol. The van der Waals surface area contributed by atoms with Crippen LogP contribution in [-0.4, -0.2) is 44.6 Å². The number of nitrogens with zero attached hydrogens (tertiary/aromatic N) is 2. The first-order chi connectivity index (χ1) is 9.62. The third-order valence-electron chi connectivity index (χ3n) is 3.35. The van der Waals surface area contributed by atoms with E-state index < -0.39 is 6.04 Å². The van der Waals surface area contributed by atoms with Gasteiger partial charge in [-0.3, -0.25) is 9.69 Å². The van der Waals surface area contributed by atoms with Gasteiger partial charge in [0.1, 0.15) is 5.75 Å². The second kappa shape index (κ2) is 4.98. The van der Waals surface area contributed by atoms with E-state index in [2.05, 4.69) is 0 Å². The Morgan fingerprint density at radius 3 is 3.00 bits per heavy atom. The van der Waals surface area contributed by atoms with Crippen molar-refractivity contribution in [3.8, 4) is 5.75 Å². The van der Waals surface area contributed by atoms with Crippen LogP contribution in [0.4, 0.5) is 5.69 Å². The summed E-state index contributed by atoms with van der Waals surface area (Å²) in [7, 11) is 1.54. The minimum absolute atomic E-state index is 0.0419. The summed E-state index contributed by atoms with van der Waals surface area (Å²) in [4.78, 5) is 15.8. The van der Waals surface area contributed by atoms with E-state index in [9.17, 15) is 4.79 Å². The Morgan fingerprint density at radius 1 is 1.56 bits per heavy atom. The van der Waals surface area contributed by atoms with E-state index in [1.807, 2.05) is 18.2 Å². The molecular weight excluding hydrogens is 228 g/mol. The molecule has 1 amide bonds. The van der Waals surface area contributed by atoms with Crippen molar-refractivity contribution in [2.75, 3.05) is 32.6 Å². The number of hydrogen-bond acceptors (Lipinski definition) is 3. The van der Waals surface area contributed by atoms with Crippen LogP contribution in [0.5, 0.6) is 5.75 Å². The third-order valence-corrected chi connectivity index (χ3v) is 3.35. The van der Waals surface area contributed by atoms with Gasteiger partial charge in [0.15, 0.2) is 0 Å². The molecule has 0 unspecified atom stereocenters. The number of likely N-dealkylation sites (N-methyl/N-ethyl adjacent to an activating group) is 1. The summed E-state index contributed by atoms with van der Waals surface area (Å²) in [5, 5.41) is 0. The summed E-state index contributed by atoms with van der Waals surface area (Å²) in [5.74, 6) is 0.749. The lowest BCUT2D eigenvalue weighted by Gasteiger charge is -2.25. The summed E-state index contributed by atoms with van der Waals surface area (Å²) in [6, 6.07) is 5.26. The molecule has 4 nitrogen and oxygen atoms in total. The lowest BCUT2D eigenvalue weighted by atomic mass is 10.1. The normalized spacial score (nSPS) is 17.2. The lowest BCUT2D eigenvalue weighted by Crippen LogP contribution is -2.43.